The minimum absolute atomic E-state index is 0.175. The van der Waals surface area contributed by atoms with Crippen molar-refractivity contribution in [2.24, 2.45) is 11.3 Å². The summed E-state index contributed by atoms with van der Waals surface area (Å²) in [5, 5.41) is 46.3. The summed E-state index contributed by atoms with van der Waals surface area (Å²) in [4.78, 5) is 12.9. The fourth-order valence-corrected chi connectivity index (χ4v) is 6.17. The molecule has 3 rings (SSSR count). The van der Waals surface area contributed by atoms with E-state index in [1.807, 2.05) is 34.6 Å². The van der Waals surface area contributed by atoms with Crippen LogP contribution in [0.3, 0.4) is 0 Å². The summed E-state index contributed by atoms with van der Waals surface area (Å²) in [6.45, 7) is 19.1. The van der Waals surface area contributed by atoms with Crippen LogP contribution in [-0.2, 0) is 30.2 Å². The van der Waals surface area contributed by atoms with Crippen LogP contribution in [0.25, 0.3) is 5.76 Å². The monoisotopic (exact) mass is 605 g/mol. The number of phenolic OH excluding ortho intramolecular Hbond substituents is 1. The molecule has 10 nitrogen and oxygen atoms in total. The fourth-order valence-electron chi connectivity index (χ4n) is 6.17. The number of phenols is 1. The lowest BCUT2D eigenvalue weighted by molar-refractivity contribution is -0.217. The summed E-state index contributed by atoms with van der Waals surface area (Å²) in [6.07, 6.45) is -5.45. The number of methoxy groups -OCH3 is 2. The Morgan fingerprint density at radius 1 is 1.21 bits per heavy atom. The van der Waals surface area contributed by atoms with Gasteiger partial charge in [-0.1, -0.05) is 32.9 Å². The van der Waals surface area contributed by atoms with Crippen molar-refractivity contribution in [3.8, 4) is 5.75 Å². The minimum atomic E-state index is -1.47. The van der Waals surface area contributed by atoms with E-state index in [0.29, 0.717) is 18.6 Å². The lowest BCUT2D eigenvalue weighted by Crippen LogP contribution is -2.59. The smallest absolute Gasteiger partial charge is 0.253 e. The number of carbonyl (C=O) groups is 1. The summed E-state index contributed by atoms with van der Waals surface area (Å²) < 4.78 is 23.4. The molecule has 1 aromatic rings. The first-order valence-electron chi connectivity index (χ1n) is 14.9. The molecule has 9 unspecified atom stereocenters. The molecule has 1 saturated heterocycles. The Balaban J connectivity index is 1.73. The molecule has 1 aromatic carbocycles. The van der Waals surface area contributed by atoms with Crippen molar-refractivity contribution >= 4 is 11.7 Å². The van der Waals surface area contributed by atoms with E-state index in [1.165, 1.54) is 14.2 Å². The van der Waals surface area contributed by atoms with Gasteiger partial charge in [-0.05, 0) is 49.9 Å². The Morgan fingerprint density at radius 2 is 1.86 bits per heavy atom. The van der Waals surface area contributed by atoms with Gasteiger partial charge in [0.1, 0.15) is 23.7 Å². The van der Waals surface area contributed by atoms with E-state index in [4.69, 9.17) is 18.9 Å². The summed E-state index contributed by atoms with van der Waals surface area (Å²) in [5.41, 5.74) is 3.55. The van der Waals surface area contributed by atoms with Crippen molar-refractivity contribution in [1.29, 1.82) is 0 Å². The summed E-state index contributed by atoms with van der Waals surface area (Å²) in [5.74, 6) is -0.303. The third-order valence-electron chi connectivity index (χ3n) is 9.35. The molecule has 1 amide bonds. The van der Waals surface area contributed by atoms with Gasteiger partial charge >= 0.3 is 0 Å². The number of amides is 1. The Labute approximate surface area is 255 Å². The standard InChI is InChI=1S/C33H51NO9/c1-16(2)11-25(40-9)30(38)31(39)34-32(41-10)26-15-27(37)33(7,8)28(43-26)14-23(36)19(5)24-13-21-18(4)22(35)12-17(3)29(21)20(6)42-24/h12,19,23-28,30,32,35-38H,1,6,11,13-15H2,2-5,7-10H3,(H,34,39). The lowest BCUT2D eigenvalue weighted by Gasteiger charge is -2.48. The molecule has 5 N–H and O–H groups in total. The number of ether oxygens (including phenoxy) is 4. The maximum atomic E-state index is 12.9. The maximum Gasteiger partial charge on any atom is 0.253 e. The van der Waals surface area contributed by atoms with E-state index in [2.05, 4.69) is 18.5 Å². The summed E-state index contributed by atoms with van der Waals surface area (Å²) in [6, 6.07) is 1.71. The van der Waals surface area contributed by atoms with Gasteiger partial charge in [0.2, 0.25) is 0 Å². The second-order valence-corrected chi connectivity index (χ2v) is 12.9. The highest BCUT2D eigenvalue weighted by Crippen LogP contribution is 2.42. The van der Waals surface area contributed by atoms with Crippen LogP contribution in [-0.4, -0.2) is 89.5 Å². The minimum Gasteiger partial charge on any atom is -0.508 e. The van der Waals surface area contributed by atoms with Crippen LogP contribution < -0.4 is 5.32 Å². The average molecular weight is 606 g/mol. The number of carbonyl (C=O) groups excluding carboxylic acids is 1. The fraction of sp³-hybridized carbons (Fsp3) is 0.667. The second kappa shape index (κ2) is 14.1. The third-order valence-corrected chi connectivity index (χ3v) is 9.35. The number of aliphatic hydroxyl groups excluding tert-OH is 3. The number of aliphatic hydroxyl groups is 3. The molecule has 0 spiro atoms. The topological polar surface area (TPSA) is 147 Å². The predicted octanol–water partition coefficient (Wildman–Crippen LogP) is 3.28. The molecule has 0 bridgehead atoms. The number of benzene rings is 1. The van der Waals surface area contributed by atoms with Crippen LogP contribution in [0.5, 0.6) is 5.75 Å². The van der Waals surface area contributed by atoms with Crippen molar-refractivity contribution in [2.45, 2.75) is 116 Å². The molecule has 9 atom stereocenters. The highest BCUT2D eigenvalue weighted by molar-refractivity contribution is 5.81. The average Bonchev–Trinajstić information content (AvgIpc) is 2.94. The molecule has 2 aliphatic rings. The Morgan fingerprint density at radius 3 is 2.44 bits per heavy atom. The first-order valence-corrected chi connectivity index (χ1v) is 14.9. The maximum absolute atomic E-state index is 12.9. The van der Waals surface area contributed by atoms with E-state index in [1.54, 1.807) is 13.0 Å². The van der Waals surface area contributed by atoms with Gasteiger partial charge in [0.15, 0.2) is 12.3 Å². The van der Waals surface area contributed by atoms with Crippen LogP contribution >= 0.6 is 0 Å². The van der Waals surface area contributed by atoms with E-state index in [9.17, 15) is 25.2 Å². The summed E-state index contributed by atoms with van der Waals surface area (Å²) in [7, 11) is 2.82. The van der Waals surface area contributed by atoms with Gasteiger partial charge in [0, 0.05) is 50.4 Å². The molecule has 242 valence electrons. The zero-order valence-corrected chi connectivity index (χ0v) is 26.8. The molecule has 10 heteroatoms. The van der Waals surface area contributed by atoms with Gasteiger partial charge in [0.25, 0.3) is 5.91 Å². The number of aryl methyl sites for hydroxylation is 1. The predicted molar refractivity (Wildman–Crippen MR) is 163 cm³/mol. The number of rotatable bonds is 12. The molecule has 0 radical (unpaired) electrons. The van der Waals surface area contributed by atoms with Gasteiger partial charge in [-0.2, -0.15) is 0 Å². The third kappa shape index (κ3) is 7.61. The van der Waals surface area contributed by atoms with Crippen LogP contribution in [0.2, 0.25) is 0 Å². The van der Waals surface area contributed by atoms with Crippen LogP contribution in [0.15, 0.2) is 24.8 Å². The largest absolute Gasteiger partial charge is 0.508 e. The van der Waals surface area contributed by atoms with Crippen LogP contribution in [0.4, 0.5) is 0 Å². The number of nitrogens with one attached hydrogen (secondary N) is 1. The van der Waals surface area contributed by atoms with Crippen molar-refractivity contribution in [2.75, 3.05) is 14.2 Å². The summed E-state index contributed by atoms with van der Waals surface area (Å²) >= 11 is 0. The Kier molecular flexibility index (Phi) is 11.5. The number of aromatic hydroxyl groups is 1. The van der Waals surface area contributed by atoms with Crippen LogP contribution in [0, 0.1) is 25.2 Å². The van der Waals surface area contributed by atoms with Crippen molar-refractivity contribution in [3.05, 3.63) is 47.1 Å². The zero-order chi connectivity index (χ0) is 32.4. The first kappa shape index (κ1) is 35.0. The molecule has 0 saturated carbocycles. The first-order chi connectivity index (χ1) is 20.0. The highest BCUT2D eigenvalue weighted by Gasteiger charge is 2.48. The molecular formula is C33H51NO9. The normalized spacial score (nSPS) is 26.8. The van der Waals surface area contributed by atoms with Crippen molar-refractivity contribution in [1.82, 2.24) is 5.32 Å². The second-order valence-electron chi connectivity index (χ2n) is 12.9. The molecule has 43 heavy (non-hydrogen) atoms. The Hall–Kier alpha value is -2.47. The van der Waals surface area contributed by atoms with Crippen molar-refractivity contribution in [3.63, 3.8) is 0 Å². The van der Waals surface area contributed by atoms with E-state index in [-0.39, 0.29) is 30.6 Å². The lowest BCUT2D eigenvalue weighted by atomic mass is 9.73. The number of hydrogen-bond acceptors (Lipinski definition) is 9. The quantitative estimate of drug-likeness (QED) is 0.179. The molecule has 0 aromatic heterocycles. The molecule has 0 aliphatic carbocycles. The van der Waals surface area contributed by atoms with Gasteiger partial charge in [0.05, 0.1) is 24.4 Å². The van der Waals surface area contributed by atoms with Gasteiger partial charge < -0.3 is 44.7 Å². The molecular weight excluding hydrogens is 554 g/mol. The zero-order valence-electron chi connectivity index (χ0n) is 26.8. The molecule has 2 heterocycles. The van der Waals surface area contributed by atoms with E-state index >= 15 is 0 Å². The van der Waals surface area contributed by atoms with E-state index < -0.39 is 54.2 Å². The number of fused-ring (bicyclic) bond motifs is 1. The highest BCUT2D eigenvalue weighted by atomic mass is 16.6. The van der Waals surface area contributed by atoms with Gasteiger partial charge in [-0.25, -0.2) is 0 Å². The number of hydrogen-bond donors (Lipinski definition) is 5. The van der Waals surface area contributed by atoms with Crippen LogP contribution in [0.1, 0.15) is 69.2 Å². The SMILES string of the molecule is C=C(C)CC(OC)C(O)C(=O)NC(OC)C1CC(O)C(C)(C)C(CC(O)C(C)C2Cc3c(C)c(O)cc(C)c3C(=C)O2)O1. The Bertz CT molecular complexity index is 1180. The molecule has 1 fully saturated rings. The molecule has 2 aliphatic heterocycles. The van der Waals surface area contributed by atoms with E-state index in [0.717, 1.165) is 27.8 Å². The van der Waals surface area contributed by atoms with Gasteiger partial charge in [-0.15, -0.1) is 6.58 Å². The van der Waals surface area contributed by atoms with Gasteiger partial charge in [-0.3, -0.25) is 4.79 Å². The van der Waals surface area contributed by atoms with Crippen molar-refractivity contribution < 1.29 is 44.2 Å².